The Morgan fingerprint density at radius 2 is 2.15 bits per heavy atom. The number of nitrogens with one attached hydrogen (secondary N) is 1. The van der Waals surface area contributed by atoms with Gasteiger partial charge in [0, 0.05) is 13.3 Å². The third-order valence-corrected chi connectivity index (χ3v) is 3.69. The fourth-order valence-electron chi connectivity index (χ4n) is 2.56. The lowest BCUT2D eigenvalue weighted by atomic mass is 9.90. The maximum atomic E-state index is 5.87. The number of nitrogens with two attached hydrogens (primary N) is 1. The largest absolute Gasteiger partial charge is 0.382 e. The maximum Gasteiger partial charge on any atom is 0.247 e. The Balaban J connectivity index is 1.73. The van der Waals surface area contributed by atoms with Crippen molar-refractivity contribution in [2.45, 2.75) is 32.1 Å². The Hall–Kier alpha value is -2.18. The van der Waals surface area contributed by atoms with Gasteiger partial charge in [-0.1, -0.05) is 19.3 Å². The fraction of sp³-hybridized carbons (Fsp3) is 0.538. The number of nitrogens with zero attached hydrogens (tertiary/aromatic N) is 5. The van der Waals surface area contributed by atoms with Crippen LogP contribution in [0.25, 0.3) is 11.2 Å². The van der Waals surface area contributed by atoms with Crippen LogP contribution in [0.4, 0.5) is 11.8 Å². The van der Waals surface area contributed by atoms with Crippen LogP contribution in [0.15, 0.2) is 11.4 Å². The molecule has 0 saturated heterocycles. The van der Waals surface area contributed by atoms with Crippen LogP contribution in [0.1, 0.15) is 32.1 Å². The fourth-order valence-corrected chi connectivity index (χ4v) is 2.56. The predicted octanol–water partition coefficient (Wildman–Crippen LogP) is 1.92. The molecule has 2 aromatic heterocycles. The van der Waals surface area contributed by atoms with Gasteiger partial charge in [0.15, 0.2) is 11.5 Å². The molecule has 3 rings (SSSR count). The van der Waals surface area contributed by atoms with E-state index in [0.29, 0.717) is 28.8 Å². The van der Waals surface area contributed by atoms with Gasteiger partial charge in [0.25, 0.3) is 0 Å². The monoisotopic (exact) mass is 273 g/mol. The summed E-state index contributed by atoms with van der Waals surface area (Å²) in [5.74, 6) is 1.34. The van der Waals surface area contributed by atoms with Crippen LogP contribution in [0.3, 0.4) is 0 Å². The quantitative estimate of drug-likeness (QED) is 0.658. The van der Waals surface area contributed by atoms with Gasteiger partial charge in [-0.2, -0.15) is 15.1 Å². The second-order valence-electron chi connectivity index (χ2n) is 5.25. The Morgan fingerprint density at radius 1 is 1.35 bits per heavy atom. The normalized spacial score (nSPS) is 17.1. The van der Waals surface area contributed by atoms with Gasteiger partial charge in [-0.15, -0.1) is 0 Å². The minimum atomic E-state index is 0.367. The molecule has 0 bridgehead atoms. The lowest BCUT2D eigenvalue weighted by molar-refractivity contribution is 0.445. The first-order chi connectivity index (χ1) is 9.74. The Kier molecular flexibility index (Phi) is 3.49. The van der Waals surface area contributed by atoms with E-state index in [1.165, 1.54) is 32.1 Å². The van der Waals surface area contributed by atoms with E-state index in [0.717, 1.165) is 0 Å². The van der Waals surface area contributed by atoms with E-state index < -0.39 is 0 Å². The number of nitrogen functional groups attached to an aromatic ring is 1. The molecule has 7 heteroatoms. The van der Waals surface area contributed by atoms with Crippen LogP contribution in [-0.4, -0.2) is 25.7 Å². The van der Waals surface area contributed by atoms with Gasteiger partial charge in [0.05, 0.1) is 6.33 Å². The van der Waals surface area contributed by atoms with Crippen molar-refractivity contribution in [2.75, 3.05) is 11.2 Å². The third kappa shape index (κ3) is 2.56. The number of hydrazone groups is 1. The molecule has 3 N–H and O–H groups in total. The molecular formula is C13H19N7. The molecule has 0 radical (unpaired) electrons. The highest BCUT2D eigenvalue weighted by Crippen LogP contribution is 2.22. The molecule has 0 amide bonds. The summed E-state index contributed by atoms with van der Waals surface area (Å²) in [6.07, 6.45) is 10.00. The molecule has 7 nitrogen and oxygen atoms in total. The lowest BCUT2D eigenvalue weighted by Crippen LogP contribution is -2.09. The molecule has 0 aromatic carbocycles. The van der Waals surface area contributed by atoms with Crippen LogP contribution >= 0.6 is 0 Å². The number of fused-ring (bicyclic) bond motifs is 1. The average Bonchev–Trinajstić information content (AvgIpc) is 2.82. The first-order valence-corrected chi connectivity index (χ1v) is 6.98. The molecule has 1 fully saturated rings. The number of rotatable bonds is 3. The van der Waals surface area contributed by atoms with Gasteiger partial charge in [0.1, 0.15) is 5.52 Å². The predicted molar refractivity (Wildman–Crippen MR) is 79.4 cm³/mol. The molecule has 2 aromatic rings. The molecule has 106 valence electrons. The molecule has 1 saturated carbocycles. The third-order valence-electron chi connectivity index (χ3n) is 3.69. The number of aryl methyl sites for hydroxylation is 1. The van der Waals surface area contributed by atoms with Gasteiger partial charge in [-0.05, 0) is 18.8 Å². The maximum absolute atomic E-state index is 5.87. The van der Waals surface area contributed by atoms with Gasteiger partial charge in [0.2, 0.25) is 5.95 Å². The van der Waals surface area contributed by atoms with Gasteiger partial charge in [-0.25, -0.2) is 10.4 Å². The number of hydrogen-bond donors (Lipinski definition) is 2. The lowest BCUT2D eigenvalue weighted by Gasteiger charge is -2.16. The van der Waals surface area contributed by atoms with Crippen molar-refractivity contribution in [2.24, 2.45) is 18.1 Å². The number of imidazole rings is 1. The molecule has 0 atom stereocenters. The van der Waals surface area contributed by atoms with E-state index in [9.17, 15) is 0 Å². The summed E-state index contributed by atoms with van der Waals surface area (Å²) in [5, 5.41) is 4.24. The van der Waals surface area contributed by atoms with Crippen LogP contribution in [0.2, 0.25) is 0 Å². The summed E-state index contributed by atoms with van der Waals surface area (Å²) in [5.41, 5.74) is 10.1. The molecule has 0 unspecified atom stereocenters. The smallest absolute Gasteiger partial charge is 0.247 e. The number of hydrogen-bond acceptors (Lipinski definition) is 6. The first kappa shape index (κ1) is 12.8. The molecule has 2 heterocycles. The standard InChI is InChI=1S/C13H19N7/c1-20-8-15-10-11(14)17-13(18-12(10)20)19-16-7-9-5-3-2-4-6-9/h7-9H,2-6H2,1H3,(H3,14,17,18,19)/b16-7+. The molecule has 1 aliphatic carbocycles. The van der Waals surface area contributed by atoms with E-state index in [-0.39, 0.29) is 0 Å². The van der Waals surface area contributed by atoms with Crippen LogP contribution in [-0.2, 0) is 7.05 Å². The zero-order valence-corrected chi connectivity index (χ0v) is 11.6. The average molecular weight is 273 g/mol. The zero-order valence-electron chi connectivity index (χ0n) is 11.6. The Labute approximate surface area is 117 Å². The SMILES string of the molecule is Cn1cnc2c(N)nc(N/N=C/C3CCCCC3)nc21. The van der Waals surface area contributed by atoms with Crippen molar-refractivity contribution < 1.29 is 0 Å². The molecular weight excluding hydrogens is 254 g/mol. The second kappa shape index (κ2) is 5.44. The molecule has 0 spiro atoms. The number of aromatic nitrogens is 4. The molecule has 1 aliphatic rings. The summed E-state index contributed by atoms with van der Waals surface area (Å²) in [7, 11) is 1.87. The van der Waals surface area contributed by atoms with Crippen LogP contribution < -0.4 is 11.2 Å². The van der Waals surface area contributed by atoms with E-state index in [1.54, 1.807) is 6.33 Å². The zero-order chi connectivity index (χ0) is 13.9. The van der Waals surface area contributed by atoms with Gasteiger partial charge < -0.3 is 10.3 Å². The van der Waals surface area contributed by atoms with E-state index in [2.05, 4.69) is 25.5 Å². The van der Waals surface area contributed by atoms with Crippen molar-refractivity contribution in [3.8, 4) is 0 Å². The minimum absolute atomic E-state index is 0.367. The summed E-state index contributed by atoms with van der Waals surface area (Å²) in [6, 6.07) is 0. The van der Waals surface area contributed by atoms with E-state index in [1.807, 2.05) is 17.8 Å². The summed E-state index contributed by atoms with van der Waals surface area (Å²) >= 11 is 0. The van der Waals surface area contributed by atoms with Crippen molar-refractivity contribution >= 4 is 29.1 Å². The van der Waals surface area contributed by atoms with Crippen molar-refractivity contribution in [3.63, 3.8) is 0 Å². The highest BCUT2D eigenvalue weighted by molar-refractivity contribution is 5.82. The van der Waals surface area contributed by atoms with Crippen LogP contribution in [0, 0.1) is 5.92 Å². The Bertz CT molecular complexity index is 625. The Morgan fingerprint density at radius 3 is 2.95 bits per heavy atom. The summed E-state index contributed by atoms with van der Waals surface area (Å²) in [6.45, 7) is 0. The van der Waals surface area contributed by atoms with Crippen molar-refractivity contribution in [1.29, 1.82) is 0 Å². The highest BCUT2D eigenvalue weighted by Gasteiger charge is 2.11. The van der Waals surface area contributed by atoms with Gasteiger partial charge in [-0.3, -0.25) is 0 Å². The topological polar surface area (TPSA) is 94.0 Å². The highest BCUT2D eigenvalue weighted by atomic mass is 15.4. The van der Waals surface area contributed by atoms with Gasteiger partial charge >= 0.3 is 0 Å². The second-order valence-corrected chi connectivity index (χ2v) is 5.25. The van der Waals surface area contributed by atoms with Crippen molar-refractivity contribution in [3.05, 3.63) is 6.33 Å². The summed E-state index contributed by atoms with van der Waals surface area (Å²) < 4.78 is 1.81. The number of anilines is 2. The first-order valence-electron chi connectivity index (χ1n) is 6.98. The van der Waals surface area contributed by atoms with Crippen LogP contribution in [0.5, 0.6) is 0 Å². The van der Waals surface area contributed by atoms with Crippen molar-refractivity contribution in [1.82, 2.24) is 19.5 Å². The van der Waals surface area contributed by atoms with E-state index in [4.69, 9.17) is 5.73 Å². The minimum Gasteiger partial charge on any atom is -0.382 e. The molecule has 20 heavy (non-hydrogen) atoms. The summed E-state index contributed by atoms with van der Waals surface area (Å²) in [4.78, 5) is 12.7. The molecule has 0 aliphatic heterocycles. The van der Waals surface area contributed by atoms with E-state index >= 15 is 0 Å².